The van der Waals surface area contributed by atoms with Gasteiger partial charge in [-0.1, -0.05) is 6.42 Å². The van der Waals surface area contributed by atoms with E-state index in [2.05, 4.69) is 15.5 Å². The molecule has 110 valence electrons. The summed E-state index contributed by atoms with van der Waals surface area (Å²) >= 11 is 0. The van der Waals surface area contributed by atoms with E-state index in [1.807, 2.05) is 0 Å². The van der Waals surface area contributed by atoms with Crippen LogP contribution in [0, 0.1) is 11.8 Å². The van der Waals surface area contributed by atoms with E-state index in [-0.39, 0.29) is 6.42 Å². The Balaban J connectivity index is 1.71. The Bertz CT molecular complexity index is 490. The van der Waals surface area contributed by atoms with Gasteiger partial charge < -0.3 is 9.84 Å². The highest BCUT2D eigenvalue weighted by molar-refractivity contribution is 5.67. The van der Waals surface area contributed by atoms with Gasteiger partial charge in [-0.25, -0.2) is 4.68 Å². The molecule has 1 N–H and O–H groups in total. The lowest BCUT2D eigenvalue weighted by Gasteiger charge is -2.21. The van der Waals surface area contributed by atoms with Gasteiger partial charge in [-0.05, 0) is 41.5 Å². The first-order valence-corrected chi connectivity index (χ1v) is 7.18. The van der Waals surface area contributed by atoms with Crippen molar-refractivity contribution in [2.24, 2.45) is 11.8 Å². The number of carbonyl (C=O) groups is 1. The van der Waals surface area contributed by atoms with E-state index >= 15 is 0 Å². The molecule has 0 spiro atoms. The first kappa shape index (κ1) is 13.5. The normalized spacial score (nSPS) is 29.8. The number of hydrogen-bond acceptors (Lipinski definition) is 5. The fourth-order valence-corrected chi connectivity index (χ4v) is 3.78. The Morgan fingerprint density at radius 2 is 2.35 bits per heavy atom. The standard InChI is InChI=1S/C13H20N4O3/c1-20-10(6-12(18)19)7-17-13(14-15-16-17)11-5-8-2-3-9(11)4-8/h8-11H,2-7H2,1H3,(H,18,19). The molecule has 2 saturated carbocycles. The first-order chi connectivity index (χ1) is 9.67. The van der Waals surface area contributed by atoms with Crippen molar-refractivity contribution in [1.29, 1.82) is 0 Å². The minimum atomic E-state index is -0.869. The van der Waals surface area contributed by atoms with Crippen LogP contribution in [-0.2, 0) is 16.1 Å². The summed E-state index contributed by atoms with van der Waals surface area (Å²) in [5.41, 5.74) is 0. The van der Waals surface area contributed by atoms with Gasteiger partial charge in [0.05, 0.1) is 19.1 Å². The van der Waals surface area contributed by atoms with Crippen LogP contribution >= 0.6 is 0 Å². The number of fused-ring (bicyclic) bond motifs is 2. The highest BCUT2D eigenvalue weighted by atomic mass is 16.5. The largest absolute Gasteiger partial charge is 0.481 e. The van der Waals surface area contributed by atoms with E-state index < -0.39 is 12.1 Å². The molecule has 7 heteroatoms. The summed E-state index contributed by atoms with van der Waals surface area (Å²) in [5.74, 6) is 2.00. The van der Waals surface area contributed by atoms with Gasteiger partial charge in [-0.15, -0.1) is 5.10 Å². The minimum absolute atomic E-state index is 0.0352. The zero-order valence-corrected chi connectivity index (χ0v) is 11.6. The predicted molar refractivity (Wildman–Crippen MR) is 69.1 cm³/mol. The maximum absolute atomic E-state index is 10.8. The quantitative estimate of drug-likeness (QED) is 0.838. The molecule has 2 aliphatic rings. The molecule has 20 heavy (non-hydrogen) atoms. The molecule has 0 saturated heterocycles. The highest BCUT2D eigenvalue weighted by Gasteiger charge is 2.42. The molecule has 2 aliphatic carbocycles. The molecule has 0 aromatic carbocycles. The summed E-state index contributed by atoms with van der Waals surface area (Å²) in [6.07, 6.45) is 4.63. The molecule has 0 radical (unpaired) electrons. The molecular weight excluding hydrogens is 260 g/mol. The Morgan fingerprint density at radius 3 is 2.95 bits per heavy atom. The number of methoxy groups -OCH3 is 1. The Morgan fingerprint density at radius 1 is 1.50 bits per heavy atom. The van der Waals surface area contributed by atoms with Crippen LogP contribution in [-0.4, -0.2) is 44.5 Å². The summed E-state index contributed by atoms with van der Waals surface area (Å²) in [7, 11) is 1.52. The van der Waals surface area contributed by atoms with Crippen molar-refractivity contribution in [3.63, 3.8) is 0 Å². The van der Waals surface area contributed by atoms with E-state index in [9.17, 15) is 4.79 Å². The number of nitrogens with zero attached hydrogens (tertiary/aromatic N) is 4. The molecule has 4 atom stereocenters. The van der Waals surface area contributed by atoms with Crippen molar-refractivity contribution < 1.29 is 14.6 Å². The number of carboxylic acid groups (broad SMARTS) is 1. The first-order valence-electron chi connectivity index (χ1n) is 7.18. The van der Waals surface area contributed by atoms with Gasteiger partial charge in [0.15, 0.2) is 5.82 Å². The predicted octanol–water partition coefficient (Wildman–Crippen LogP) is 1.07. The molecule has 3 rings (SSSR count). The van der Waals surface area contributed by atoms with E-state index in [4.69, 9.17) is 9.84 Å². The van der Waals surface area contributed by atoms with E-state index in [0.717, 1.165) is 11.7 Å². The molecular formula is C13H20N4O3. The second-order valence-electron chi connectivity index (χ2n) is 5.96. The number of aromatic nitrogens is 4. The van der Waals surface area contributed by atoms with Gasteiger partial charge in [0.25, 0.3) is 0 Å². The SMILES string of the molecule is COC(CC(=O)O)Cn1nnnc1C1CC2CCC1C2. The fraction of sp³-hybridized carbons (Fsp3) is 0.846. The number of hydrogen-bond donors (Lipinski definition) is 1. The molecule has 4 unspecified atom stereocenters. The van der Waals surface area contributed by atoms with Gasteiger partial charge in [0.2, 0.25) is 0 Å². The summed E-state index contributed by atoms with van der Waals surface area (Å²) in [6, 6.07) is 0. The number of rotatable bonds is 6. The van der Waals surface area contributed by atoms with E-state index in [1.165, 1.54) is 32.8 Å². The zero-order chi connectivity index (χ0) is 14.1. The molecule has 1 aromatic heterocycles. The average Bonchev–Trinajstić information content (AvgIpc) is 3.12. The third-order valence-electron chi connectivity index (χ3n) is 4.74. The van der Waals surface area contributed by atoms with Gasteiger partial charge in [-0.3, -0.25) is 4.79 Å². The maximum Gasteiger partial charge on any atom is 0.306 e. The fourth-order valence-electron chi connectivity index (χ4n) is 3.78. The van der Waals surface area contributed by atoms with Crippen molar-refractivity contribution in [3.8, 4) is 0 Å². The van der Waals surface area contributed by atoms with Crippen LogP contribution in [0.2, 0.25) is 0 Å². The van der Waals surface area contributed by atoms with E-state index in [1.54, 1.807) is 4.68 Å². The molecule has 1 heterocycles. The number of carboxylic acids is 1. The number of aliphatic carboxylic acids is 1. The van der Waals surface area contributed by atoms with Crippen LogP contribution in [0.3, 0.4) is 0 Å². The van der Waals surface area contributed by atoms with Crippen molar-refractivity contribution in [2.75, 3.05) is 7.11 Å². The Labute approximate surface area is 117 Å². The van der Waals surface area contributed by atoms with E-state index in [0.29, 0.717) is 18.4 Å². The Hall–Kier alpha value is -1.50. The number of tetrazole rings is 1. The van der Waals surface area contributed by atoms with Crippen molar-refractivity contribution >= 4 is 5.97 Å². The van der Waals surface area contributed by atoms with Gasteiger partial charge in [0.1, 0.15) is 0 Å². The summed E-state index contributed by atoms with van der Waals surface area (Å²) in [4.78, 5) is 10.8. The lowest BCUT2D eigenvalue weighted by atomic mass is 9.88. The van der Waals surface area contributed by atoms with Crippen molar-refractivity contribution in [1.82, 2.24) is 20.2 Å². The number of ether oxygens (including phenoxy) is 1. The molecule has 7 nitrogen and oxygen atoms in total. The Kier molecular flexibility index (Phi) is 3.69. The molecule has 2 fully saturated rings. The van der Waals surface area contributed by atoms with Crippen LogP contribution in [0.4, 0.5) is 0 Å². The summed E-state index contributed by atoms with van der Waals surface area (Å²) in [5, 5.41) is 20.9. The maximum atomic E-state index is 10.8. The topological polar surface area (TPSA) is 90.1 Å². The molecule has 1 aromatic rings. The summed E-state index contributed by atoms with van der Waals surface area (Å²) in [6.45, 7) is 0.402. The zero-order valence-electron chi connectivity index (χ0n) is 11.6. The third-order valence-corrected chi connectivity index (χ3v) is 4.74. The van der Waals surface area contributed by atoms with Gasteiger partial charge >= 0.3 is 5.97 Å². The second-order valence-corrected chi connectivity index (χ2v) is 5.96. The van der Waals surface area contributed by atoms with Crippen molar-refractivity contribution in [3.05, 3.63) is 5.82 Å². The van der Waals surface area contributed by atoms with Crippen molar-refractivity contribution in [2.45, 2.75) is 50.7 Å². The monoisotopic (exact) mass is 280 g/mol. The van der Waals surface area contributed by atoms with Crippen LogP contribution in [0.25, 0.3) is 0 Å². The van der Waals surface area contributed by atoms with Crippen LogP contribution in [0.5, 0.6) is 0 Å². The third kappa shape index (κ3) is 2.54. The molecule has 0 amide bonds. The average molecular weight is 280 g/mol. The van der Waals surface area contributed by atoms with Gasteiger partial charge in [-0.2, -0.15) is 0 Å². The molecule has 0 aliphatic heterocycles. The molecule has 2 bridgehead atoms. The summed E-state index contributed by atoms with van der Waals surface area (Å²) < 4.78 is 6.96. The minimum Gasteiger partial charge on any atom is -0.481 e. The lowest BCUT2D eigenvalue weighted by molar-refractivity contribution is -0.140. The highest BCUT2D eigenvalue weighted by Crippen LogP contribution is 2.52. The van der Waals surface area contributed by atoms with Crippen LogP contribution < -0.4 is 0 Å². The van der Waals surface area contributed by atoms with Gasteiger partial charge in [0, 0.05) is 13.0 Å². The van der Waals surface area contributed by atoms with Crippen LogP contribution in [0.1, 0.15) is 43.8 Å². The smallest absolute Gasteiger partial charge is 0.306 e. The lowest BCUT2D eigenvalue weighted by Crippen LogP contribution is -2.25. The van der Waals surface area contributed by atoms with Crippen LogP contribution in [0.15, 0.2) is 0 Å². The second kappa shape index (κ2) is 5.47.